The highest BCUT2D eigenvalue weighted by Crippen LogP contribution is 2.03. The van der Waals surface area contributed by atoms with Gasteiger partial charge in [-0.3, -0.25) is 4.79 Å². The van der Waals surface area contributed by atoms with Crippen molar-refractivity contribution in [1.82, 2.24) is 15.1 Å². The molecular formula is C15H23N3O. The highest BCUT2D eigenvalue weighted by atomic mass is 16.2. The summed E-state index contributed by atoms with van der Waals surface area (Å²) in [4.78, 5) is 16.2. The Hall–Kier alpha value is -1.39. The molecule has 0 atom stereocenters. The molecule has 1 aromatic rings. The topological polar surface area (TPSA) is 35.6 Å². The molecule has 4 heteroatoms. The number of hydrogen-bond donors (Lipinski definition) is 1. The number of amides is 1. The first-order valence-corrected chi connectivity index (χ1v) is 6.88. The molecule has 1 heterocycles. The maximum atomic E-state index is 12.0. The molecule has 0 bridgehead atoms. The Kier molecular flexibility index (Phi) is 4.93. The van der Waals surface area contributed by atoms with E-state index < -0.39 is 0 Å². The standard InChI is InChI=1S/C15H23N3O/c1-13-4-3-5-14(10-13)11-16-12-15(19)18-8-6-17(2)7-9-18/h3-5,10,16H,6-9,11-12H2,1-2H3. The fraction of sp³-hybridized carbons (Fsp3) is 0.533. The first-order valence-electron chi connectivity index (χ1n) is 6.88. The van der Waals surface area contributed by atoms with E-state index in [0.717, 1.165) is 32.7 Å². The summed E-state index contributed by atoms with van der Waals surface area (Å²) in [5.74, 6) is 0.209. The second kappa shape index (κ2) is 6.68. The van der Waals surface area contributed by atoms with Crippen LogP contribution in [0.5, 0.6) is 0 Å². The molecule has 1 amide bonds. The van der Waals surface area contributed by atoms with E-state index in [1.165, 1.54) is 11.1 Å². The van der Waals surface area contributed by atoms with E-state index in [4.69, 9.17) is 0 Å². The van der Waals surface area contributed by atoms with Gasteiger partial charge in [-0.05, 0) is 19.5 Å². The van der Waals surface area contributed by atoms with Gasteiger partial charge >= 0.3 is 0 Å². The average molecular weight is 261 g/mol. The highest BCUT2D eigenvalue weighted by molar-refractivity contribution is 5.78. The lowest BCUT2D eigenvalue weighted by Crippen LogP contribution is -2.49. The summed E-state index contributed by atoms with van der Waals surface area (Å²) in [6.07, 6.45) is 0. The molecule has 1 saturated heterocycles. The lowest BCUT2D eigenvalue weighted by molar-refractivity contribution is -0.131. The van der Waals surface area contributed by atoms with Gasteiger partial charge in [-0.25, -0.2) is 0 Å². The molecule has 0 spiro atoms. The van der Waals surface area contributed by atoms with E-state index in [9.17, 15) is 4.79 Å². The molecule has 104 valence electrons. The summed E-state index contributed by atoms with van der Waals surface area (Å²) in [6.45, 7) is 6.91. The highest BCUT2D eigenvalue weighted by Gasteiger charge is 2.18. The van der Waals surface area contributed by atoms with E-state index >= 15 is 0 Å². The zero-order valence-electron chi connectivity index (χ0n) is 11.9. The van der Waals surface area contributed by atoms with Crippen molar-refractivity contribution >= 4 is 5.91 Å². The monoisotopic (exact) mass is 261 g/mol. The second-order valence-corrected chi connectivity index (χ2v) is 5.28. The minimum Gasteiger partial charge on any atom is -0.339 e. The van der Waals surface area contributed by atoms with Gasteiger partial charge in [0.15, 0.2) is 0 Å². The Morgan fingerprint density at radius 1 is 1.26 bits per heavy atom. The molecule has 1 aliphatic heterocycles. The van der Waals surface area contributed by atoms with Crippen molar-refractivity contribution in [3.63, 3.8) is 0 Å². The van der Waals surface area contributed by atoms with Gasteiger partial charge in [0.05, 0.1) is 6.54 Å². The first kappa shape index (κ1) is 14.0. The minimum absolute atomic E-state index is 0.209. The molecule has 0 saturated carbocycles. The van der Waals surface area contributed by atoms with E-state index in [0.29, 0.717) is 6.54 Å². The van der Waals surface area contributed by atoms with Crippen LogP contribution in [-0.2, 0) is 11.3 Å². The van der Waals surface area contributed by atoms with Gasteiger partial charge in [-0.2, -0.15) is 0 Å². The van der Waals surface area contributed by atoms with Crippen LogP contribution in [0.3, 0.4) is 0 Å². The number of piperazine rings is 1. The fourth-order valence-corrected chi connectivity index (χ4v) is 2.30. The quantitative estimate of drug-likeness (QED) is 0.873. The smallest absolute Gasteiger partial charge is 0.236 e. The van der Waals surface area contributed by atoms with Crippen LogP contribution in [0, 0.1) is 6.92 Å². The Morgan fingerprint density at radius 2 is 2.00 bits per heavy atom. The number of carbonyl (C=O) groups is 1. The molecule has 4 nitrogen and oxygen atoms in total. The fourth-order valence-electron chi connectivity index (χ4n) is 2.30. The van der Waals surface area contributed by atoms with Crippen LogP contribution in [0.15, 0.2) is 24.3 Å². The number of likely N-dealkylation sites (N-methyl/N-ethyl adjacent to an activating group) is 1. The molecule has 0 unspecified atom stereocenters. The number of hydrogen-bond acceptors (Lipinski definition) is 3. The van der Waals surface area contributed by atoms with E-state index in [-0.39, 0.29) is 5.91 Å². The van der Waals surface area contributed by atoms with Gasteiger partial charge in [0.2, 0.25) is 5.91 Å². The van der Waals surface area contributed by atoms with Gasteiger partial charge < -0.3 is 15.1 Å². The molecule has 1 aliphatic rings. The summed E-state index contributed by atoms with van der Waals surface area (Å²) in [5.41, 5.74) is 2.48. The first-order chi connectivity index (χ1) is 9.15. The minimum atomic E-state index is 0.209. The van der Waals surface area contributed by atoms with Crippen molar-refractivity contribution in [2.24, 2.45) is 0 Å². The van der Waals surface area contributed by atoms with Gasteiger partial charge in [0, 0.05) is 32.7 Å². The molecule has 2 rings (SSSR count). The van der Waals surface area contributed by atoms with Crippen LogP contribution in [0.4, 0.5) is 0 Å². The van der Waals surface area contributed by atoms with Crippen molar-refractivity contribution in [1.29, 1.82) is 0 Å². The molecule has 0 aliphatic carbocycles. The summed E-state index contributed by atoms with van der Waals surface area (Å²) < 4.78 is 0. The number of carbonyl (C=O) groups excluding carboxylic acids is 1. The van der Waals surface area contributed by atoms with Crippen molar-refractivity contribution in [3.8, 4) is 0 Å². The number of aryl methyl sites for hydroxylation is 1. The van der Waals surface area contributed by atoms with Crippen LogP contribution in [0.25, 0.3) is 0 Å². The lowest BCUT2D eigenvalue weighted by Gasteiger charge is -2.32. The largest absolute Gasteiger partial charge is 0.339 e. The Bertz CT molecular complexity index is 425. The third kappa shape index (κ3) is 4.33. The molecule has 0 aromatic heterocycles. The van der Waals surface area contributed by atoms with Gasteiger partial charge in [0.1, 0.15) is 0 Å². The number of nitrogens with zero attached hydrogens (tertiary/aromatic N) is 2. The van der Waals surface area contributed by atoms with Crippen molar-refractivity contribution < 1.29 is 4.79 Å². The Morgan fingerprint density at radius 3 is 2.68 bits per heavy atom. The van der Waals surface area contributed by atoms with Crippen molar-refractivity contribution in [2.75, 3.05) is 39.8 Å². The number of rotatable bonds is 4. The van der Waals surface area contributed by atoms with Crippen molar-refractivity contribution in [3.05, 3.63) is 35.4 Å². The Labute approximate surface area is 115 Å². The van der Waals surface area contributed by atoms with Crippen LogP contribution < -0.4 is 5.32 Å². The lowest BCUT2D eigenvalue weighted by atomic mass is 10.1. The predicted molar refractivity (Wildman–Crippen MR) is 77.0 cm³/mol. The van der Waals surface area contributed by atoms with Crippen LogP contribution in [0.1, 0.15) is 11.1 Å². The molecule has 19 heavy (non-hydrogen) atoms. The van der Waals surface area contributed by atoms with Gasteiger partial charge in [-0.15, -0.1) is 0 Å². The predicted octanol–water partition coefficient (Wildman–Crippen LogP) is 0.859. The van der Waals surface area contributed by atoms with Crippen molar-refractivity contribution in [2.45, 2.75) is 13.5 Å². The third-order valence-electron chi connectivity index (χ3n) is 3.54. The van der Waals surface area contributed by atoms with Crippen LogP contribution >= 0.6 is 0 Å². The van der Waals surface area contributed by atoms with Gasteiger partial charge in [-0.1, -0.05) is 29.8 Å². The molecule has 0 radical (unpaired) electrons. The SMILES string of the molecule is Cc1cccc(CNCC(=O)N2CCN(C)CC2)c1. The van der Waals surface area contributed by atoms with Crippen LogP contribution in [-0.4, -0.2) is 55.5 Å². The maximum Gasteiger partial charge on any atom is 0.236 e. The number of benzene rings is 1. The van der Waals surface area contributed by atoms with E-state index in [1.54, 1.807) is 0 Å². The third-order valence-corrected chi connectivity index (χ3v) is 3.54. The normalized spacial score (nSPS) is 16.6. The Balaban J connectivity index is 1.72. The van der Waals surface area contributed by atoms with E-state index in [1.807, 2.05) is 4.90 Å². The maximum absolute atomic E-state index is 12.0. The van der Waals surface area contributed by atoms with Gasteiger partial charge in [0.25, 0.3) is 0 Å². The number of nitrogens with one attached hydrogen (secondary N) is 1. The van der Waals surface area contributed by atoms with E-state index in [2.05, 4.69) is 48.5 Å². The summed E-state index contributed by atoms with van der Waals surface area (Å²) in [7, 11) is 2.10. The molecule has 1 fully saturated rings. The second-order valence-electron chi connectivity index (χ2n) is 5.28. The summed E-state index contributed by atoms with van der Waals surface area (Å²) in [6, 6.07) is 8.36. The summed E-state index contributed by atoms with van der Waals surface area (Å²) in [5, 5.41) is 3.23. The van der Waals surface area contributed by atoms with Crippen LogP contribution in [0.2, 0.25) is 0 Å². The molecule has 1 aromatic carbocycles. The summed E-state index contributed by atoms with van der Waals surface area (Å²) >= 11 is 0. The zero-order chi connectivity index (χ0) is 13.7. The molecule has 1 N–H and O–H groups in total. The molecular weight excluding hydrogens is 238 g/mol. The average Bonchev–Trinajstić information content (AvgIpc) is 2.39. The zero-order valence-corrected chi connectivity index (χ0v) is 11.9.